The van der Waals surface area contributed by atoms with Gasteiger partial charge in [-0.3, -0.25) is 10.1 Å². The number of hydrogen-bond donors (Lipinski definition) is 1. The summed E-state index contributed by atoms with van der Waals surface area (Å²) in [5, 5.41) is 8.81. The second kappa shape index (κ2) is 50.6. The Bertz CT molecular complexity index is 2640. The molecule has 2 aliphatic rings. The molecule has 0 bridgehead atoms. The second-order valence-corrected chi connectivity index (χ2v) is 23.2. The number of rotatable bonds is 12. The molecule has 2 heterocycles. The molecule has 0 saturated carbocycles. The van der Waals surface area contributed by atoms with Crippen LogP contribution < -0.4 is 25.3 Å². The molecular formula is C77H99Au3F6N6O2-8. The van der Waals surface area contributed by atoms with Gasteiger partial charge in [0.1, 0.15) is 0 Å². The Hall–Kier alpha value is -5.78. The van der Waals surface area contributed by atoms with Crippen molar-refractivity contribution < 1.29 is 98.4 Å². The molecule has 0 spiro atoms. The maximum absolute atomic E-state index is 9.58. The third kappa shape index (κ3) is 33.7. The summed E-state index contributed by atoms with van der Waals surface area (Å²) in [4.78, 5) is 17.6. The number of nitrogens with zero attached hydrogens (tertiary/aromatic N) is 5. The van der Waals surface area contributed by atoms with E-state index in [9.17, 15) is 26.3 Å². The average Bonchev–Trinajstić information content (AvgIpc) is 1.57. The summed E-state index contributed by atoms with van der Waals surface area (Å²) in [6.07, 6.45) is 8.87. The molecule has 2 radical (unpaired) electrons. The Labute approximate surface area is 609 Å². The number of anilines is 5. The summed E-state index contributed by atoms with van der Waals surface area (Å²) < 4.78 is 57.5. The van der Waals surface area contributed by atoms with Crippen molar-refractivity contribution >= 4 is 28.4 Å². The Balaban J connectivity index is -0.000000572. The normalized spacial score (nSPS) is 11.5. The molecular weight excluding hydrogens is 1750 g/mol. The Morgan fingerprint density at radius 3 is 0.638 bits per heavy atom. The van der Waals surface area contributed by atoms with Crippen LogP contribution in [0.3, 0.4) is 0 Å². The van der Waals surface area contributed by atoms with Gasteiger partial charge in [0, 0.05) is 72.4 Å². The maximum Gasteiger partial charge on any atom is 1.00 e. The fraction of sp³-hybridized carbons (Fsp3) is 0.325. The molecule has 17 heteroatoms. The van der Waals surface area contributed by atoms with E-state index in [1.165, 1.54) is 67.3 Å². The van der Waals surface area contributed by atoms with E-state index in [0.29, 0.717) is 47.3 Å². The van der Waals surface area contributed by atoms with Gasteiger partial charge in [0.05, 0.1) is 0 Å². The Morgan fingerprint density at radius 2 is 0.532 bits per heavy atom. The van der Waals surface area contributed by atoms with Crippen molar-refractivity contribution in [2.45, 2.75) is 158 Å². The zero-order chi connectivity index (χ0) is 66.9. The van der Waals surface area contributed by atoms with E-state index in [1.54, 1.807) is 24.3 Å². The summed E-state index contributed by atoms with van der Waals surface area (Å²) >= 11 is 0. The molecule has 0 aromatic heterocycles. The third-order valence-electron chi connectivity index (χ3n) is 13.6. The van der Waals surface area contributed by atoms with Gasteiger partial charge in [-0.25, -0.2) is 0 Å². The molecule has 2 aliphatic heterocycles. The van der Waals surface area contributed by atoms with Crippen LogP contribution in [0.4, 0.5) is 54.8 Å². The molecule has 2 N–H and O–H groups in total. The number of nitro groups is 1. The third-order valence-corrected chi connectivity index (χ3v) is 13.6. The minimum Gasteiger partial charge on any atom is -0.479 e. The molecule has 94 heavy (non-hydrogen) atoms. The van der Waals surface area contributed by atoms with Crippen LogP contribution >= 0.6 is 0 Å². The van der Waals surface area contributed by atoms with Crippen LogP contribution in [0, 0.1) is 69.9 Å². The Kier molecular flexibility index (Phi) is 50.9. The first-order chi connectivity index (χ1) is 42.0. The molecule has 532 valence electrons. The van der Waals surface area contributed by atoms with Crippen molar-refractivity contribution in [2.24, 2.45) is 0 Å². The first-order valence-electron chi connectivity index (χ1n) is 30.0. The quantitative estimate of drug-likeness (QED) is 0.0326. The number of hydrogen-bond acceptors (Lipinski definition) is 7. The van der Waals surface area contributed by atoms with Crippen LogP contribution in [0.25, 0.3) is 0 Å². The molecule has 0 aliphatic carbocycles. The summed E-state index contributed by atoms with van der Waals surface area (Å²) in [6, 6.07) is 62.1. The number of para-hydroxylation sites is 4. The molecule has 0 unspecified atom stereocenters. The number of benzene rings is 7. The summed E-state index contributed by atoms with van der Waals surface area (Å²) in [7, 11) is 0.889. The smallest absolute Gasteiger partial charge is 0.479 e. The first kappa shape index (κ1) is 94.6. The van der Waals surface area contributed by atoms with E-state index in [-0.39, 0.29) is 82.0 Å². The number of halogens is 6. The average molecular weight is 1850 g/mol. The molecule has 7 aromatic rings. The van der Waals surface area contributed by atoms with Crippen molar-refractivity contribution in [1.29, 1.82) is 0 Å². The van der Waals surface area contributed by atoms with Crippen LogP contribution in [0.15, 0.2) is 183 Å². The van der Waals surface area contributed by atoms with Gasteiger partial charge in [-0.2, -0.15) is 91.0 Å². The predicted octanol–water partition coefficient (Wildman–Crippen LogP) is 23.7. The molecule has 0 saturated heterocycles. The summed E-state index contributed by atoms with van der Waals surface area (Å²) in [6.45, 7) is 34.9. The van der Waals surface area contributed by atoms with Crippen LogP contribution in [-0.2, 0) is 67.1 Å². The van der Waals surface area contributed by atoms with E-state index in [1.807, 2.05) is 60.7 Å². The van der Waals surface area contributed by atoms with Crippen LogP contribution in [0.2, 0.25) is 0 Å². The van der Waals surface area contributed by atoms with Gasteiger partial charge in [0.15, 0.2) is 20.4 Å². The summed E-state index contributed by atoms with van der Waals surface area (Å²) in [5.74, 6) is 3.84. The van der Waals surface area contributed by atoms with Gasteiger partial charge >= 0.3 is 22.4 Å². The Morgan fingerprint density at radius 1 is 0.372 bits per heavy atom. The molecule has 0 atom stereocenters. The van der Waals surface area contributed by atoms with E-state index < -0.39 is 18.3 Å². The summed E-state index contributed by atoms with van der Waals surface area (Å²) in [5.41, 5.74) is 22.7. The largest absolute Gasteiger partial charge is 1.00 e. The van der Waals surface area contributed by atoms with Gasteiger partial charge in [-0.1, -0.05) is 189 Å². The van der Waals surface area contributed by atoms with Crippen molar-refractivity contribution in [3.05, 3.63) is 297 Å². The van der Waals surface area contributed by atoms with Crippen molar-refractivity contribution in [3.8, 4) is 0 Å². The van der Waals surface area contributed by atoms with Crippen LogP contribution in [0.1, 0.15) is 203 Å². The van der Waals surface area contributed by atoms with Gasteiger partial charge < -0.3 is 66.5 Å². The second-order valence-electron chi connectivity index (χ2n) is 23.2. The fourth-order valence-corrected chi connectivity index (χ4v) is 9.56. The van der Waals surface area contributed by atoms with E-state index in [2.05, 4.69) is 260 Å². The predicted molar refractivity (Wildman–Crippen MR) is 374 cm³/mol. The zero-order valence-corrected chi connectivity index (χ0v) is 64.4. The zero-order valence-electron chi connectivity index (χ0n) is 57.9. The molecule has 0 amide bonds. The molecule has 0 fully saturated rings. The van der Waals surface area contributed by atoms with Gasteiger partial charge in [-0.05, 0) is 117 Å². The maximum atomic E-state index is 9.58. The van der Waals surface area contributed by atoms with Crippen LogP contribution in [0.5, 0.6) is 0 Å². The fourth-order valence-electron chi connectivity index (χ4n) is 9.56. The number of nitrogens with two attached hydrogens (primary N) is 1. The first-order valence-corrected chi connectivity index (χ1v) is 30.0. The minimum atomic E-state index is -3.08. The SMILES string of the molecule is CC(C)c1cccc(C(C)C)c1N1C=CN(c2c(C(C)C)cccc2C(C)C)[CH-]1.CC(C)c1cccc(C(C)C)c1N1C=CN(c2c(C(C)C)cccc2C(C)C)[CH-]1.C[N+](=O)[O-].F[C-](F)F.F[C-](F)F.Nc1cc[c-]cc1.[Au+].[Au].[Au].[CH3-].[CH3-].[c-]1ccccc1.[c-]1ccccc1. The standard InChI is InChI=1S/2C27H37N2.C6H6N.2C6H5.2CF3.CH3NO2.2CH3.3Au/c2*1-18(2)22-11-9-12-23(19(3)4)26(22)28-15-16-29(17-28)27-24(20(5)6)13-10-14-25(27)21(7)8;7-6-4-2-1-3-5-6;2*1-2-4-6-5-3-1;2*2-1(3)4;1-2(3)4;;;;;/h2*9-21H,1-8H3;2-5H,7H2;2*1-5H;;;1H3;2*1H3;;;/q7*-1;;2*-1;;;+1. The minimum absolute atomic E-state index is 0. The van der Waals surface area contributed by atoms with Crippen molar-refractivity contribution in [1.82, 2.24) is 0 Å². The molecule has 8 nitrogen and oxygen atoms in total. The molecule has 9 rings (SSSR count). The van der Waals surface area contributed by atoms with Crippen LogP contribution in [-0.4, -0.2) is 12.0 Å². The number of nitrogen functional groups attached to an aromatic ring is 1. The van der Waals surface area contributed by atoms with Gasteiger partial charge in [0.25, 0.3) is 0 Å². The van der Waals surface area contributed by atoms with Gasteiger partial charge in [0.2, 0.25) is 0 Å². The van der Waals surface area contributed by atoms with E-state index in [0.717, 1.165) is 12.7 Å². The van der Waals surface area contributed by atoms with Gasteiger partial charge in [-0.15, -0.1) is 25.5 Å². The van der Waals surface area contributed by atoms with Crippen molar-refractivity contribution in [3.63, 3.8) is 0 Å². The molecule has 7 aromatic carbocycles. The van der Waals surface area contributed by atoms with Crippen molar-refractivity contribution in [2.75, 3.05) is 32.4 Å². The monoisotopic (exact) mass is 1840 g/mol. The topological polar surface area (TPSA) is 82.1 Å². The van der Waals surface area contributed by atoms with E-state index in [4.69, 9.17) is 15.8 Å². The van der Waals surface area contributed by atoms with E-state index >= 15 is 0 Å².